The molecule has 0 bridgehead atoms. The molecule has 1 rings (SSSR count). The standard InChI is InChI=1S/C15H19BrO2/c1-10(2)7-12(17)9-14(16)13-8-11(3)5-6-15(13)18-4/h5-6,8-9,12,17H,1,7H2,2-4H3/b14-9-. The second-order valence-corrected chi connectivity index (χ2v) is 5.30. The van der Waals surface area contributed by atoms with Crippen LogP contribution in [0.3, 0.4) is 0 Å². The lowest BCUT2D eigenvalue weighted by molar-refractivity contribution is 0.224. The number of rotatable bonds is 5. The van der Waals surface area contributed by atoms with E-state index in [0.717, 1.165) is 26.9 Å². The number of aliphatic hydroxyl groups excluding tert-OH is 1. The third-order valence-corrected chi connectivity index (χ3v) is 3.20. The van der Waals surface area contributed by atoms with Crippen LogP contribution < -0.4 is 4.74 Å². The van der Waals surface area contributed by atoms with Gasteiger partial charge in [-0.3, -0.25) is 0 Å². The van der Waals surface area contributed by atoms with E-state index in [9.17, 15) is 5.11 Å². The monoisotopic (exact) mass is 310 g/mol. The molecule has 1 N–H and O–H groups in total. The van der Waals surface area contributed by atoms with Crippen LogP contribution in [0.5, 0.6) is 5.75 Å². The molecular weight excluding hydrogens is 292 g/mol. The zero-order valence-corrected chi connectivity index (χ0v) is 12.6. The summed E-state index contributed by atoms with van der Waals surface area (Å²) in [4.78, 5) is 0. The van der Waals surface area contributed by atoms with Crippen molar-refractivity contribution in [1.82, 2.24) is 0 Å². The number of aryl methyl sites for hydroxylation is 1. The van der Waals surface area contributed by atoms with Crippen molar-refractivity contribution in [3.8, 4) is 5.75 Å². The third kappa shape index (κ3) is 4.31. The van der Waals surface area contributed by atoms with Crippen molar-refractivity contribution in [2.75, 3.05) is 7.11 Å². The van der Waals surface area contributed by atoms with Gasteiger partial charge >= 0.3 is 0 Å². The van der Waals surface area contributed by atoms with E-state index in [0.29, 0.717) is 6.42 Å². The Morgan fingerprint density at radius 1 is 1.56 bits per heavy atom. The molecule has 0 spiro atoms. The number of methoxy groups -OCH3 is 1. The Balaban J connectivity index is 3.01. The Bertz CT molecular complexity index is 464. The molecule has 2 nitrogen and oxygen atoms in total. The molecule has 0 aliphatic rings. The second kappa shape index (κ2) is 6.76. The third-order valence-electron chi connectivity index (χ3n) is 2.51. The normalized spacial score (nSPS) is 13.3. The molecular formula is C15H19BrO2. The SMILES string of the molecule is C=C(C)CC(O)/C=C(\Br)c1cc(C)ccc1OC. The Hall–Kier alpha value is -1.06. The van der Waals surface area contributed by atoms with Crippen molar-refractivity contribution in [2.45, 2.75) is 26.4 Å². The number of hydrogen-bond acceptors (Lipinski definition) is 2. The van der Waals surface area contributed by atoms with Crippen LogP contribution in [0.25, 0.3) is 4.48 Å². The number of halogens is 1. The van der Waals surface area contributed by atoms with E-state index in [-0.39, 0.29) is 0 Å². The summed E-state index contributed by atoms with van der Waals surface area (Å²) in [6, 6.07) is 5.94. The van der Waals surface area contributed by atoms with Crippen molar-refractivity contribution in [3.63, 3.8) is 0 Å². The summed E-state index contributed by atoms with van der Waals surface area (Å²) in [7, 11) is 1.64. The van der Waals surface area contributed by atoms with E-state index in [2.05, 4.69) is 22.5 Å². The van der Waals surface area contributed by atoms with Crippen molar-refractivity contribution >= 4 is 20.4 Å². The molecule has 1 atom stereocenters. The summed E-state index contributed by atoms with van der Waals surface area (Å²) in [6.07, 6.45) is 1.79. The van der Waals surface area contributed by atoms with Gasteiger partial charge in [0.25, 0.3) is 0 Å². The minimum Gasteiger partial charge on any atom is -0.496 e. The largest absolute Gasteiger partial charge is 0.496 e. The predicted molar refractivity (Wildman–Crippen MR) is 80.1 cm³/mol. The first-order valence-electron chi connectivity index (χ1n) is 5.78. The van der Waals surface area contributed by atoms with Crippen molar-refractivity contribution < 1.29 is 9.84 Å². The van der Waals surface area contributed by atoms with Crippen LogP contribution in [-0.4, -0.2) is 18.3 Å². The van der Waals surface area contributed by atoms with Gasteiger partial charge in [0.05, 0.1) is 13.2 Å². The molecule has 1 aromatic carbocycles. The van der Waals surface area contributed by atoms with E-state index in [1.54, 1.807) is 13.2 Å². The van der Waals surface area contributed by atoms with Crippen LogP contribution in [0.4, 0.5) is 0 Å². The molecule has 0 saturated carbocycles. The Labute approximate surface area is 117 Å². The van der Waals surface area contributed by atoms with E-state index in [4.69, 9.17) is 4.74 Å². The topological polar surface area (TPSA) is 29.5 Å². The summed E-state index contributed by atoms with van der Waals surface area (Å²) in [5.41, 5.74) is 3.04. The van der Waals surface area contributed by atoms with Gasteiger partial charge in [-0.05, 0) is 38.5 Å². The van der Waals surface area contributed by atoms with Crippen LogP contribution >= 0.6 is 15.9 Å². The minimum atomic E-state index is -0.540. The van der Waals surface area contributed by atoms with E-state index in [1.807, 2.05) is 32.0 Å². The van der Waals surface area contributed by atoms with Crippen molar-refractivity contribution in [1.29, 1.82) is 0 Å². The quantitative estimate of drug-likeness (QED) is 0.831. The van der Waals surface area contributed by atoms with Gasteiger partial charge < -0.3 is 9.84 Å². The summed E-state index contributed by atoms with van der Waals surface area (Å²) < 4.78 is 6.14. The predicted octanol–water partition coefficient (Wildman–Crippen LogP) is 4.07. The second-order valence-electron chi connectivity index (χ2n) is 4.45. The molecule has 0 aromatic heterocycles. The first kappa shape index (κ1) is 15.0. The van der Waals surface area contributed by atoms with Crippen LogP contribution in [0.2, 0.25) is 0 Å². The minimum absolute atomic E-state index is 0.540. The smallest absolute Gasteiger partial charge is 0.127 e. The first-order valence-corrected chi connectivity index (χ1v) is 6.58. The van der Waals surface area contributed by atoms with Gasteiger partial charge in [-0.25, -0.2) is 0 Å². The molecule has 3 heteroatoms. The highest BCUT2D eigenvalue weighted by atomic mass is 79.9. The molecule has 0 fully saturated rings. The summed E-state index contributed by atoms with van der Waals surface area (Å²) >= 11 is 3.49. The molecule has 18 heavy (non-hydrogen) atoms. The summed E-state index contributed by atoms with van der Waals surface area (Å²) in [6.45, 7) is 7.72. The Morgan fingerprint density at radius 2 is 2.22 bits per heavy atom. The van der Waals surface area contributed by atoms with Gasteiger partial charge in [0.2, 0.25) is 0 Å². The summed E-state index contributed by atoms with van der Waals surface area (Å²) in [5, 5.41) is 9.88. The lowest BCUT2D eigenvalue weighted by Crippen LogP contribution is -2.03. The molecule has 0 radical (unpaired) electrons. The zero-order valence-electron chi connectivity index (χ0n) is 11.0. The van der Waals surface area contributed by atoms with Gasteiger partial charge in [0.1, 0.15) is 5.75 Å². The van der Waals surface area contributed by atoms with Crippen LogP contribution in [-0.2, 0) is 0 Å². The van der Waals surface area contributed by atoms with Gasteiger partial charge in [0.15, 0.2) is 0 Å². The fourth-order valence-corrected chi connectivity index (χ4v) is 2.30. The van der Waals surface area contributed by atoms with E-state index in [1.165, 1.54) is 0 Å². The van der Waals surface area contributed by atoms with Crippen LogP contribution in [0.15, 0.2) is 36.4 Å². The highest BCUT2D eigenvalue weighted by Gasteiger charge is 2.09. The Morgan fingerprint density at radius 3 is 2.78 bits per heavy atom. The van der Waals surface area contributed by atoms with Gasteiger partial charge in [-0.1, -0.05) is 33.1 Å². The maximum absolute atomic E-state index is 9.88. The Kier molecular flexibility index (Phi) is 5.63. The fourth-order valence-electron chi connectivity index (χ4n) is 1.68. The highest BCUT2D eigenvalue weighted by Crippen LogP contribution is 2.31. The van der Waals surface area contributed by atoms with Crippen molar-refractivity contribution in [3.05, 3.63) is 47.6 Å². The fraction of sp³-hybridized carbons (Fsp3) is 0.333. The maximum atomic E-state index is 9.88. The lowest BCUT2D eigenvalue weighted by atomic mass is 10.1. The molecule has 0 saturated heterocycles. The maximum Gasteiger partial charge on any atom is 0.127 e. The number of benzene rings is 1. The first-order chi connectivity index (χ1) is 8.43. The average molecular weight is 311 g/mol. The number of aliphatic hydroxyl groups is 1. The van der Waals surface area contributed by atoms with Crippen molar-refractivity contribution in [2.24, 2.45) is 0 Å². The van der Waals surface area contributed by atoms with Gasteiger partial charge in [0, 0.05) is 10.0 Å². The average Bonchev–Trinajstić information content (AvgIpc) is 2.27. The molecule has 0 heterocycles. The molecule has 0 aliphatic heterocycles. The van der Waals surface area contributed by atoms with E-state index >= 15 is 0 Å². The van der Waals surface area contributed by atoms with Crippen LogP contribution in [0, 0.1) is 6.92 Å². The molecule has 0 amide bonds. The molecule has 0 aliphatic carbocycles. The summed E-state index contributed by atoms with van der Waals surface area (Å²) in [5.74, 6) is 0.784. The molecule has 98 valence electrons. The molecule has 1 aromatic rings. The number of ether oxygens (including phenoxy) is 1. The number of hydrogen-bond donors (Lipinski definition) is 1. The zero-order chi connectivity index (χ0) is 13.7. The van der Waals surface area contributed by atoms with E-state index < -0.39 is 6.10 Å². The van der Waals surface area contributed by atoms with Gasteiger partial charge in [-0.2, -0.15) is 0 Å². The van der Waals surface area contributed by atoms with Gasteiger partial charge in [-0.15, -0.1) is 6.58 Å². The molecule has 1 unspecified atom stereocenters. The highest BCUT2D eigenvalue weighted by molar-refractivity contribution is 9.15. The van der Waals surface area contributed by atoms with Crippen LogP contribution in [0.1, 0.15) is 24.5 Å². The lowest BCUT2D eigenvalue weighted by Gasteiger charge is -2.11.